The standard InChI is InChI=1S/C7H12N2O4.2C6H14N4O2.2C5H10N2O3.C5H11NO2S/c1-4(10)9-5(7(12)13)2-3-6(8)11;2*7-4(5(11)12)2-1-3-10-6(8)9;2*6-3(5(9)10)1-2-4(7)8;1-9-3-2-4(6)5(7)8/h5H,2-3H2,1H3,(H2,8,11)(H,9,10)(H,12,13);2*4H,1-3,7H2,(H,11,12)(H4,8,9,10);2*3H,1-2,6H2,(H2,7,8)(H,9,10);4H,2-3,6H2,1H3,(H,7,8)/t5-;2*4-;2*3-;4-/m000000/s1. The highest BCUT2D eigenvalue weighted by Gasteiger charge is 2.18. The van der Waals surface area contributed by atoms with Crippen molar-refractivity contribution in [3.63, 3.8) is 0 Å². The van der Waals surface area contributed by atoms with Gasteiger partial charge in [-0.3, -0.25) is 53.1 Å². The van der Waals surface area contributed by atoms with Gasteiger partial charge in [-0.15, -0.1) is 0 Å². The Morgan fingerprint density at radius 3 is 0.955 bits per heavy atom. The SMILES string of the molecule is CC(=O)N[C@@H](CCC(N)=O)C(=O)O.CSCC[C@H](N)C(=O)O.NC(=O)CC[C@H](N)C(=O)O.NC(=O)CC[C@H](N)C(=O)O.NC(N)=NCCC[C@H](N)C(=O)O.NC(N)=NCCC[C@H](N)C(=O)O. The van der Waals surface area contributed by atoms with Crippen LogP contribution in [0.15, 0.2) is 9.98 Å². The van der Waals surface area contributed by atoms with Gasteiger partial charge < -0.3 is 105 Å². The largest absolute Gasteiger partial charge is 0.480 e. The molecule has 4 amide bonds. The number of carboxylic acid groups (broad SMARTS) is 6. The number of primary amides is 3. The van der Waals surface area contributed by atoms with Crippen LogP contribution in [0, 0.1) is 0 Å². The van der Waals surface area contributed by atoms with Gasteiger partial charge in [0.25, 0.3) is 0 Å². The first-order valence-electron chi connectivity index (χ1n) is 19.1. The first-order valence-corrected chi connectivity index (χ1v) is 20.5. The van der Waals surface area contributed by atoms with Crippen molar-refractivity contribution in [3.8, 4) is 0 Å². The predicted molar refractivity (Wildman–Crippen MR) is 241 cm³/mol. The molecule has 0 fully saturated rings. The molecule has 0 radical (unpaired) electrons. The number of aliphatic imine (C=N–C) groups is 2. The van der Waals surface area contributed by atoms with Crippen molar-refractivity contribution in [2.75, 3.05) is 25.1 Å². The smallest absolute Gasteiger partial charge is 0.326 e. The zero-order valence-electron chi connectivity index (χ0n) is 36.9. The van der Waals surface area contributed by atoms with Gasteiger partial charge in [0.15, 0.2) is 11.9 Å². The number of nitrogens with one attached hydrogen (secondary N) is 1. The van der Waals surface area contributed by atoms with E-state index in [4.69, 9.17) is 99.4 Å². The molecular weight excluding hydrogens is 907 g/mol. The molecule has 0 unspecified atom stereocenters. The summed E-state index contributed by atoms with van der Waals surface area (Å²) in [5, 5.41) is 52.2. The second-order valence-corrected chi connectivity index (χ2v) is 14.0. The number of hydrogen-bond donors (Lipinski definition) is 19. The number of amides is 4. The van der Waals surface area contributed by atoms with Crippen LogP contribution in [0.2, 0.25) is 0 Å². The molecule has 6 atom stereocenters. The van der Waals surface area contributed by atoms with E-state index in [0.29, 0.717) is 45.2 Å². The maximum Gasteiger partial charge on any atom is 0.326 e. The molecule has 0 heterocycles. The molecule has 66 heavy (non-hydrogen) atoms. The fourth-order valence-electron chi connectivity index (χ4n) is 3.29. The Morgan fingerprint density at radius 2 is 0.727 bits per heavy atom. The Morgan fingerprint density at radius 1 is 0.455 bits per heavy atom. The molecule has 0 rings (SSSR count). The Kier molecular flexibility index (Phi) is 48.4. The third-order valence-electron chi connectivity index (χ3n) is 6.91. The van der Waals surface area contributed by atoms with Gasteiger partial charge in [0, 0.05) is 39.3 Å². The lowest BCUT2D eigenvalue weighted by Crippen LogP contribution is -2.40. The van der Waals surface area contributed by atoms with Gasteiger partial charge in [-0.25, -0.2) is 4.79 Å². The summed E-state index contributed by atoms with van der Waals surface area (Å²) < 4.78 is 0. The molecule has 0 aliphatic carbocycles. The quantitative estimate of drug-likeness (QED) is 0.0207. The van der Waals surface area contributed by atoms with Crippen molar-refractivity contribution in [2.45, 2.75) is 114 Å². The van der Waals surface area contributed by atoms with Crippen molar-refractivity contribution in [1.82, 2.24) is 5.32 Å². The highest BCUT2D eigenvalue weighted by molar-refractivity contribution is 7.98. The number of carbonyl (C=O) groups excluding carboxylic acids is 4. The Labute approximate surface area is 384 Å². The average molecular weight is 978 g/mol. The zero-order chi connectivity index (χ0) is 53.1. The normalized spacial score (nSPS) is 12.3. The van der Waals surface area contributed by atoms with E-state index in [2.05, 4.69) is 15.3 Å². The third-order valence-corrected chi connectivity index (χ3v) is 7.56. The lowest BCUT2D eigenvalue weighted by molar-refractivity contribution is -0.142. The van der Waals surface area contributed by atoms with Gasteiger partial charge in [0.1, 0.15) is 36.3 Å². The van der Waals surface area contributed by atoms with Crippen LogP contribution in [0.25, 0.3) is 0 Å². The van der Waals surface area contributed by atoms with Crippen molar-refractivity contribution < 1.29 is 78.6 Å². The number of hydrogen-bond acceptors (Lipinski definition) is 18. The van der Waals surface area contributed by atoms with Crippen LogP contribution in [0.5, 0.6) is 0 Å². The van der Waals surface area contributed by atoms with E-state index in [1.165, 1.54) is 6.92 Å². The van der Waals surface area contributed by atoms with E-state index >= 15 is 0 Å². The number of rotatable bonds is 27. The van der Waals surface area contributed by atoms with Crippen LogP contribution in [0.1, 0.15) is 77.6 Å². The van der Waals surface area contributed by atoms with Crippen molar-refractivity contribution in [3.05, 3.63) is 0 Å². The van der Waals surface area contributed by atoms with E-state index in [1.54, 1.807) is 11.8 Å². The van der Waals surface area contributed by atoms with Crippen LogP contribution < -0.4 is 74.1 Å². The number of guanidine groups is 2. The van der Waals surface area contributed by atoms with Crippen LogP contribution in [-0.4, -0.2) is 163 Å². The summed E-state index contributed by atoms with van der Waals surface area (Å²) in [5.74, 6) is -7.56. The second-order valence-electron chi connectivity index (χ2n) is 13.0. The fourth-order valence-corrected chi connectivity index (χ4v) is 3.78. The number of carbonyl (C=O) groups is 10. The van der Waals surface area contributed by atoms with Gasteiger partial charge in [-0.1, -0.05) is 0 Å². The minimum atomic E-state index is -1.17. The fraction of sp³-hybridized carbons (Fsp3) is 0.647. The van der Waals surface area contributed by atoms with Crippen LogP contribution in [-0.2, 0) is 47.9 Å². The molecule has 0 aromatic rings. The molecule has 0 aromatic heterocycles. The number of carboxylic acids is 6. The molecule has 0 bridgehead atoms. The number of aliphatic carboxylic acids is 6. The van der Waals surface area contributed by atoms with Gasteiger partial charge in [-0.05, 0) is 63.4 Å². The van der Waals surface area contributed by atoms with Crippen LogP contribution in [0.3, 0.4) is 0 Å². The summed E-state index contributed by atoms with van der Waals surface area (Å²) in [5.41, 5.74) is 60.3. The van der Waals surface area contributed by atoms with Gasteiger partial charge in [0.2, 0.25) is 23.6 Å². The first kappa shape index (κ1) is 71.0. The molecule has 0 aliphatic heterocycles. The molecule has 0 spiro atoms. The highest BCUT2D eigenvalue weighted by Crippen LogP contribution is 1.99. The lowest BCUT2D eigenvalue weighted by atomic mass is 10.1. The summed E-state index contributed by atoms with van der Waals surface area (Å²) in [6.07, 6.45) is 4.60. The maximum absolute atomic E-state index is 10.5. The van der Waals surface area contributed by atoms with Gasteiger partial charge in [0.05, 0.1) is 0 Å². The Balaban J connectivity index is -0.000000164. The molecular formula is C34H71N15O16S. The second kappa shape index (κ2) is 45.0. The third kappa shape index (κ3) is 61.7. The van der Waals surface area contributed by atoms with E-state index in [-0.39, 0.29) is 50.4 Å². The Bertz CT molecular complexity index is 1460. The monoisotopic (exact) mass is 977 g/mol. The van der Waals surface area contributed by atoms with Crippen molar-refractivity contribution in [1.29, 1.82) is 0 Å². The molecule has 0 aliphatic rings. The lowest BCUT2D eigenvalue weighted by Gasteiger charge is -2.11. The van der Waals surface area contributed by atoms with Crippen molar-refractivity contribution in [2.24, 2.45) is 78.8 Å². The van der Waals surface area contributed by atoms with Crippen molar-refractivity contribution >= 4 is 83.1 Å². The van der Waals surface area contributed by atoms with E-state index in [0.717, 1.165) is 5.75 Å². The van der Waals surface area contributed by atoms with Gasteiger partial charge >= 0.3 is 35.8 Å². The summed E-state index contributed by atoms with van der Waals surface area (Å²) >= 11 is 1.60. The molecule has 32 heteroatoms. The average Bonchev–Trinajstić information content (AvgIpc) is 3.20. The van der Waals surface area contributed by atoms with E-state index in [9.17, 15) is 47.9 Å². The number of nitrogens with two attached hydrogens (primary N) is 12. The van der Waals surface area contributed by atoms with Gasteiger partial charge in [-0.2, -0.15) is 11.8 Å². The van der Waals surface area contributed by atoms with E-state index in [1.807, 2.05) is 6.26 Å². The summed E-state index contributed by atoms with van der Waals surface area (Å²) in [6.45, 7) is 2.05. The molecule has 384 valence electrons. The Hall–Kier alpha value is -6.61. The summed E-state index contributed by atoms with van der Waals surface area (Å²) in [7, 11) is 0. The zero-order valence-corrected chi connectivity index (χ0v) is 37.7. The molecule has 0 aromatic carbocycles. The maximum atomic E-state index is 10.5. The molecule has 0 saturated carbocycles. The molecule has 0 saturated heterocycles. The highest BCUT2D eigenvalue weighted by atomic mass is 32.2. The number of thioether (sulfide) groups is 1. The van der Waals surface area contributed by atoms with Crippen LogP contribution >= 0.6 is 11.8 Å². The summed E-state index contributed by atoms with van der Waals surface area (Å²) in [6, 6.07) is -5.32. The van der Waals surface area contributed by atoms with Crippen LogP contribution in [0.4, 0.5) is 0 Å². The first-order chi connectivity index (χ1) is 30.3. The number of nitrogens with zero attached hydrogens (tertiary/aromatic N) is 2. The van der Waals surface area contributed by atoms with E-state index < -0.39 is 95.7 Å². The topological polar surface area (TPSA) is 641 Å². The summed E-state index contributed by atoms with van der Waals surface area (Å²) in [4.78, 5) is 109. The molecule has 31 N–H and O–H groups in total. The minimum Gasteiger partial charge on any atom is -0.480 e. The molecule has 31 nitrogen and oxygen atoms in total. The predicted octanol–water partition coefficient (Wildman–Crippen LogP) is -6.78. The minimum absolute atomic E-state index is 0.0129.